The number of benzene rings is 1. The first kappa shape index (κ1) is 28.0. The molecule has 1 aliphatic rings. The Bertz CT molecular complexity index is 1510. The number of fused-ring (bicyclic) bond motifs is 1. The van der Waals surface area contributed by atoms with Gasteiger partial charge in [0.25, 0.3) is 5.91 Å². The molecule has 3 aromatic heterocycles. The number of pyridine rings is 1. The lowest BCUT2D eigenvalue weighted by atomic mass is 9.97. The Labute approximate surface area is 237 Å². The maximum atomic E-state index is 13.3. The Morgan fingerprint density at radius 3 is 2.65 bits per heavy atom. The minimum absolute atomic E-state index is 0.210. The summed E-state index contributed by atoms with van der Waals surface area (Å²) in [6.45, 7) is 16.0. The molecule has 1 aromatic carbocycles. The molecule has 0 spiro atoms. The fourth-order valence-corrected chi connectivity index (χ4v) is 5.89. The van der Waals surface area contributed by atoms with E-state index in [1.807, 2.05) is 43.0 Å². The highest BCUT2D eigenvalue weighted by Gasteiger charge is 2.38. The van der Waals surface area contributed by atoms with Crippen LogP contribution in [0.25, 0.3) is 22.4 Å². The molecule has 0 atom stereocenters. The number of piperidine rings is 1. The molecule has 1 aliphatic heterocycles. The number of nitrogens with one attached hydrogen (secondary N) is 1. The van der Waals surface area contributed by atoms with Gasteiger partial charge in [-0.05, 0) is 68.1 Å². The number of hydrogen-bond acceptors (Lipinski definition) is 7. The number of carbonyl (C=O) groups excluding carboxylic acids is 1. The number of aromatic nitrogens is 4. The van der Waals surface area contributed by atoms with Gasteiger partial charge in [-0.15, -0.1) is 0 Å². The van der Waals surface area contributed by atoms with Gasteiger partial charge < -0.3 is 19.1 Å². The van der Waals surface area contributed by atoms with Gasteiger partial charge in [-0.25, -0.2) is 4.98 Å². The maximum Gasteiger partial charge on any atom is 0.277 e. The van der Waals surface area contributed by atoms with Crippen LogP contribution in [0.15, 0.2) is 47.3 Å². The lowest BCUT2D eigenvalue weighted by molar-refractivity contribution is 0.102. The molecular formula is C30H40N6O3Si. The van der Waals surface area contributed by atoms with E-state index in [2.05, 4.69) is 65.2 Å². The second kappa shape index (κ2) is 10.8. The number of aryl methyl sites for hydroxylation is 2. The molecule has 1 saturated heterocycles. The second-order valence-corrected chi connectivity index (χ2v) is 17.2. The third-order valence-electron chi connectivity index (χ3n) is 8.43. The van der Waals surface area contributed by atoms with Crippen molar-refractivity contribution in [1.29, 1.82) is 0 Å². The highest BCUT2D eigenvalue weighted by Crippen LogP contribution is 2.38. The summed E-state index contributed by atoms with van der Waals surface area (Å²) in [7, 11) is 0.168. The molecular weight excluding hydrogens is 520 g/mol. The molecule has 0 bridgehead atoms. The third kappa shape index (κ3) is 5.83. The van der Waals surface area contributed by atoms with Gasteiger partial charge >= 0.3 is 0 Å². The summed E-state index contributed by atoms with van der Waals surface area (Å²) < 4.78 is 14.0. The van der Waals surface area contributed by atoms with E-state index in [1.165, 1.54) is 6.26 Å². The minimum Gasteiger partial charge on any atom is -0.444 e. The monoisotopic (exact) mass is 560 g/mol. The summed E-state index contributed by atoms with van der Waals surface area (Å²) in [5.41, 5.74) is 4.61. The molecule has 4 aromatic rings. The highest BCUT2D eigenvalue weighted by molar-refractivity contribution is 6.74. The van der Waals surface area contributed by atoms with Gasteiger partial charge in [-0.1, -0.05) is 20.8 Å². The molecule has 9 nitrogen and oxygen atoms in total. The summed E-state index contributed by atoms with van der Waals surface area (Å²) in [5, 5.41) is 8.70. The van der Waals surface area contributed by atoms with Gasteiger partial charge in [0.15, 0.2) is 14.0 Å². The molecule has 1 fully saturated rings. The predicted octanol–water partition coefficient (Wildman–Crippen LogP) is 6.42. The molecule has 0 unspecified atom stereocenters. The summed E-state index contributed by atoms with van der Waals surface area (Å²) in [6.07, 6.45) is 7.01. The lowest BCUT2D eigenvalue weighted by Crippen LogP contribution is -2.43. The summed E-state index contributed by atoms with van der Waals surface area (Å²) in [5.74, 6) is 0.609. The Hall–Kier alpha value is -3.50. The van der Waals surface area contributed by atoms with E-state index in [0.717, 1.165) is 66.1 Å². The fourth-order valence-electron chi connectivity index (χ4n) is 4.81. The Morgan fingerprint density at radius 1 is 1.20 bits per heavy atom. The zero-order valence-corrected chi connectivity index (χ0v) is 25.6. The van der Waals surface area contributed by atoms with Crippen LogP contribution in [0.3, 0.4) is 0 Å². The number of hydrogen-bond donors (Lipinski definition) is 1. The molecule has 0 aliphatic carbocycles. The minimum atomic E-state index is -1.77. The number of nitrogens with zero attached hydrogens (tertiary/aromatic N) is 5. The van der Waals surface area contributed by atoms with Crippen molar-refractivity contribution in [3.05, 3.63) is 54.3 Å². The molecule has 5 rings (SSSR count). The largest absolute Gasteiger partial charge is 0.444 e. The molecule has 1 amide bonds. The SMILES string of the molecule is Cc1cc(-c2nc(C(=O)Nc3cc4cnn(C)c4cc3N3CCC(CO[Si](C)(C)C(C)(C)C)CC3)co2)ccn1. The molecule has 10 heteroatoms. The van der Waals surface area contributed by atoms with E-state index in [9.17, 15) is 4.79 Å². The van der Waals surface area contributed by atoms with Crippen LogP contribution in [0.1, 0.15) is 49.8 Å². The van der Waals surface area contributed by atoms with E-state index >= 15 is 0 Å². The van der Waals surface area contributed by atoms with E-state index in [4.69, 9.17) is 8.84 Å². The highest BCUT2D eigenvalue weighted by atomic mass is 28.4. The first-order valence-electron chi connectivity index (χ1n) is 14.0. The first-order valence-corrected chi connectivity index (χ1v) is 16.9. The molecule has 40 heavy (non-hydrogen) atoms. The van der Waals surface area contributed by atoms with E-state index in [1.54, 1.807) is 6.20 Å². The van der Waals surface area contributed by atoms with Gasteiger partial charge in [0.05, 0.1) is 23.1 Å². The quantitative estimate of drug-likeness (QED) is 0.260. The average Bonchev–Trinajstić information content (AvgIpc) is 3.54. The van der Waals surface area contributed by atoms with Crippen LogP contribution in [0.2, 0.25) is 18.1 Å². The van der Waals surface area contributed by atoms with Crippen LogP contribution in [0, 0.1) is 12.8 Å². The molecule has 0 radical (unpaired) electrons. The van der Waals surface area contributed by atoms with Crippen molar-refractivity contribution in [2.24, 2.45) is 13.0 Å². The lowest BCUT2D eigenvalue weighted by Gasteiger charge is -2.39. The molecule has 4 heterocycles. The smallest absolute Gasteiger partial charge is 0.277 e. The van der Waals surface area contributed by atoms with Crippen molar-refractivity contribution in [3.63, 3.8) is 0 Å². The first-order chi connectivity index (χ1) is 18.9. The fraction of sp³-hybridized carbons (Fsp3) is 0.467. The van der Waals surface area contributed by atoms with Crippen molar-refractivity contribution in [3.8, 4) is 11.5 Å². The summed E-state index contributed by atoms with van der Waals surface area (Å²) >= 11 is 0. The zero-order valence-electron chi connectivity index (χ0n) is 24.6. The number of oxazole rings is 1. The number of anilines is 2. The van der Waals surface area contributed by atoms with Crippen molar-refractivity contribution in [1.82, 2.24) is 19.7 Å². The molecule has 1 N–H and O–H groups in total. The van der Waals surface area contributed by atoms with E-state index in [0.29, 0.717) is 11.8 Å². The summed E-state index contributed by atoms with van der Waals surface area (Å²) in [6, 6.07) is 7.81. The van der Waals surface area contributed by atoms with E-state index < -0.39 is 8.32 Å². The Morgan fingerprint density at radius 2 is 1.95 bits per heavy atom. The standard InChI is InChI=1S/C30H40N6O3Si/c1-20-14-22(8-11-31-20)29-34-25(19-38-29)28(37)33-24-15-23-17-32-35(5)26(23)16-27(24)36-12-9-21(10-13-36)18-39-40(6,7)30(2,3)4/h8,11,14-17,19,21H,9-10,12-13,18H2,1-7H3,(H,33,37). The van der Waals surface area contributed by atoms with Crippen LogP contribution in [0.5, 0.6) is 0 Å². The second-order valence-electron chi connectivity index (χ2n) is 12.4. The van der Waals surface area contributed by atoms with Gasteiger partial charge in [-0.3, -0.25) is 14.5 Å². The van der Waals surface area contributed by atoms with Crippen LogP contribution in [-0.4, -0.2) is 53.7 Å². The van der Waals surface area contributed by atoms with Gasteiger partial charge in [0.1, 0.15) is 6.26 Å². The number of amides is 1. The number of carbonyl (C=O) groups is 1. The zero-order chi connectivity index (χ0) is 28.7. The van der Waals surface area contributed by atoms with Crippen LogP contribution < -0.4 is 10.2 Å². The average molecular weight is 561 g/mol. The van der Waals surface area contributed by atoms with Crippen LogP contribution in [-0.2, 0) is 11.5 Å². The molecule has 0 saturated carbocycles. The normalized spacial score (nSPS) is 15.1. The topological polar surface area (TPSA) is 98.3 Å². The number of rotatable bonds is 7. The summed E-state index contributed by atoms with van der Waals surface area (Å²) in [4.78, 5) is 24.3. The third-order valence-corrected chi connectivity index (χ3v) is 12.9. The Balaban J connectivity index is 1.33. The van der Waals surface area contributed by atoms with Crippen molar-refractivity contribution >= 4 is 36.5 Å². The van der Waals surface area contributed by atoms with Gasteiger partial charge in [0, 0.05) is 49.6 Å². The molecule has 212 valence electrons. The Kier molecular flexibility index (Phi) is 7.58. The van der Waals surface area contributed by atoms with Gasteiger partial charge in [0.2, 0.25) is 5.89 Å². The predicted molar refractivity (Wildman–Crippen MR) is 161 cm³/mol. The van der Waals surface area contributed by atoms with Crippen molar-refractivity contribution in [2.45, 2.75) is 58.7 Å². The van der Waals surface area contributed by atoms with Gasteiger partial charge in [-0.2, -0.15) is 5.10 Å². The maximum absolute atomic E-state index is 13.3. The van der Waals surface area contributed by atoms with Crippen molar-refractivity contribution < 1.29 is 13.6 Å². The van der Waals surface area contributed by atoms with Crippen LogP contribution >= 0.6 is 0 Å². The van der Waals surface area contributed by atoms with E-state index in [-0.39, 0.29) is 16.6 Å². The van der Waals surface area contributed by atoms with Crippen LogP contribution in [0.4, 0.5) is 11.4 Å². The van der Waals surface area contributed by atoms with Crippen molar-refractivity contribution in [2.75, 3.05) is 29.9 Å².